The Kier molecular flexibility index (Phi) is 7.10. The molecule has 2 heteroatoms. The molecule has 0 heterocycles. The number of carbonyl (C=O) groups is 1. The summed E-state index contributed by atoms with van der Waals surface area (Å²) >= 11 is 0. The molecular formula is C13H24O2. The van der Waals surface area contributed by atoms with Gasteiger partial charge in [0.15, 0.2) is 0 Å². The van der Waals surface area contributed by atoms with Crippen LogP contribution in [0.4, 0.5) is 0 Å². The summed E-state index contributed by atoms with van der Waals surface area (Å²) in [7, 11) is 0. The van der Waals surface area contributed by atoms with Gasteiger partial charge in [-0.15, -0.1) is 0 Å². The van der Waals surface area contributed by atoms with E-state index in [-0.39, 0.29) is 5.97 Å². The van der Waals surface area contributed by atoms with E-state index in [4.69, 9.17) is 4.74 Å². The highest BCUT2D eigenvalue weighted by Gasteiger charge is 2.09. The van der Waals surface area contributed by atoms with E-state index < -0.39 is 0 Å². The summed E-state index contributed by atoms with van der Waals surface area (Å²) in [6.07, 6.45) is 2.77. The van der Waals surface area contributed by atoms with Gasteiger partial charge in [-0.05, 0) is 31.1 Å². The zero-order valence-electron chi connectivity index (χ0n) is 10.5. The first-order valence-electron chi connectivity index (χ1n) is 5.78. The number of ether oxygens (including phenoxy) is 1. The van der Waals surface area contributed by atoms with Gasteiger partial charge in [-0.2, -0.15) is 0 Å². The summed E-state index contributed by atoms with van der Waals surface area (Å²) in [6.45, 7) is 12.7. The Labute approximate surface area is 93.7 Å². The van der Waals surface area contributed by atoms with Crippen molar-refractivity contribution in [2.45, 2.75) is 47.0 Å². The molecule has 0 saturated heterocycles. The van der Waals surface area contributed by atoms with E-state index in [1.165, 1.54) is 0 Å². The molecule has 0 aromatic carbocycles. The zero-order chi connectivity index (χ0) is 11.8. The van der Waals surface area contributed by atoms with Gasteiger partial charge >= 0.3 is 5.97 Å². The van der Waals surface area contributed by atoms with E-state index in [0.717, 1.165) is 19.3 Å². The second-order valence-corrected chi connectivity index (χ2v) is 4.87. The van der Waals surface area contributed by atoms with E-state index in [2.05, 4.69) is 34.3 Å². The van der Waals surface area contributed by atoms with E-state index in [1.807, 2.05) is 0 Å². The molecule has 0 aromatic rings. The number of rotatable bonds is 7. The van der Waals surface area contributed by atoms with Crippen LogP contribution in [0.1, 0.15) is 47.0 Å². The summed E-state index contributed by atoms with van der Waals surface area (Å²) in [4.78, 5) is 11.4. The number of hydrogen-bond acceptors (Lipinski definition) is 2. The summed E-state index contributed by atoms with van der Waals surface area (Å²) in [5.41, 5.74) is 0.592. The monoisotopic (exact) mass is 212 g/mol. The van der Waals surface area contributed by atoms with Crippen LogP contribution in [0, 0.1) is 11.8 Å². The maximum absolute atomic E-state index is 11.4. The van der Waals surface area contributed by atoms with Crippen LogP contribution >= 0.6 is 0 Å². The third-order valence-corrected chi connectivity index (χ3v) is 2.10. The molecular weight excluding hydrogens is 188 g/mol. The fourth-order valence-corrected chi connectivity index (χ4v) is 1.33. The number of esters is 1. The summed E-state index contributed by atoms with van der Waals surface area (Å²) in [5, 5.41) is 0. The normalized spacial score (nSPS) is 10.8. The summed E-state index contributed by atoms with van der Waals surface area (Å²) in [5.74, 6) is 0.899. The van der Waals surface area contributed by atoms with Crippen LogP contribution in [0.15, 0.2) is 12.2 Å². The van der Waals surface area contributed by atoms with E-state index in [9.17, 15) is 4.79 Å². The molecule has 0 N–H and O–H groups in total. The Morgan fingerprint density at radius 1 is 1.20 bits per heavy atom. The van der Waals surface area contributed by atoms with Crippen molar-refractivity contribution in [3.63, 3.8) is 0 Å². The topological polar surface area (TPSA) is 26.3 Å². The molecule has 0 fully saturated rings. The quantitative estimate of drug-likeness (QED) is 0.366. The van der Waals surface area contributed by atoms with Crippen molar-refractivity contribution in [2.24, 2.45) is 11.8 Å². The molecule has 2 nitrogen and oxygen atoms in total. The van der Waals surface area contributed by atoms with Crippen LogP contribution in [0.2, 0.25) is 0 Å². The highest BCUT2D eigenvalue weighted by molar-refractivity contribution is 5.87. The average Bonchev–Trinajstić information content (AvgIpc) is 2.10. The molecule has 0 atom stereocenters. The van der Waals surface area contributed by atoms with Gasteiger partial charge in [0.25, 0.3) is 0 Å². The molecule has 0 aliphatic carbocycles. The molecule has 0 bridgehead atoms. The van der Waals surface area contributed by atoms with Gasteiger partial charge in [-0.3, -0.25) is 0 Å². The lowest BCUT2D eigenvalue weighted by atomic mass is 10.0. The Morgan fingerprint density at radius 2 is 1.80 bits per heavy atom. The van der Waals surface area contributed by atoms with Crippen LogP contribution in [0.5, 0.6) is 0 Å². The fraction of sp³-hybridized carbons (Fsp3) is 0.769. The summed E-state index contributed by atoms with van der Waals surface area (Å²) in [6, 6.07) is 0. The van der Waals surface area contributed by atoms with Crippen molar-refractivity contribution in [1.29, 1.82) is 0 Å². The first-order chi connectivity index (χ1) is 6.93. The molecule has 0 aliphatic heterocycles. The maximum Gasteiger partial charge on any atom is 0.333 e. The van der Waals surface area contributed by atoms with E-state index >= 15 is 0 Å². The van der Waals surface area contributed by atoms with Crippen molar-refractivity contribution >= 4 is 5.97 Å². The first kappa shape index (κ1) is 14.2. The second kappa shape index (κ2) is 7.49. The molecule has 0 rings (SSSR count). The third-order valence-electron chi connectivity index (χ3n) is 2.10. The van der Waals surface area contributed by atoms with Crippen LogP contribution in [0.25, 0.3) is 0 Å². The molecule has 15 heavy (non-hydrogen) atoms. The van der Waals surface area contributed by atoms with Gasteiger partial charge in [0, 0.05) is 5.57 Å². The van der Waals surface area contributed by atoms with Gasteiger partial charge in [0.2, 0.25) is 0 Å². The molecule has 88 valence electrons. The largest absolute Gasteiger partial charge is 0.462 e. The Morgan fingerprint density at radius 3 is 2.27 bits per heavy atom. The summed E-state index contributed by atoms with van der Waals surface area (Å²) < 4.78 is 5.12. The van der Waals surface area contributed by atoms with Gasteiger partial charge in [0.1, 0.15) is 0 Å². The fourth-order valence-electron chi connectivity index (χ4n) is 1.33. The smallest absolute Gasteiger partial charge is 0.333 e. The Bertz CT molecular complexity index is 205. The molecule has 0 spiro atoms. The highest BCUT2D eigenvalue weighted by atomic mass is 16.5. The number of hydrogen-bond donors (Lipinski definition) is 0. The van der Waals surface area contributed by atoms with Gasteiger partial charge in [0.05, 0.1) is 6.61 Å². The second-order valence-electron chi connectivity index (χ2n) is 4.87. The lowest BCUT2D eigenvalue weighted by molar-refractivity contribution is -0.139. The lowest BCUT2D eigenvalue weighted by Crippen LogP contribution is -2.10. The van der Waals surface area contributed by atoms with Crippen molar-refractivity contribution < 1.29 is 9.53 Å². The number of carbonyl (C=O) groups excluding carboxylic acids is 1. The van der Waals surface area contributed by atoms with Crippen molar-refractivity contribution in [3.05, 3.63) is 12.2 Å². The van der Waals surface area contributed by atoms with Crippen LogP contribution in [-0.4, -0.2) is 12.6 Å². The minimum absolute atomic E-state index is 0.229. The van der Waals surface area contributed by atoms with Crippen LogP contribution in [-0.2, 0) is 9.53 Å². The average molecular weight is 212 g/mol. The standard InChI is InChI=1S/C13H24O2/c1-10(2)7-6-8-15-13(14)12(5)9-11(3)4/h10-11H,5-9H2,1-4H3. The molecule has 0 saturated carbocycles. The molecule has 0 amide bonds. The van der Waals surface area contributed by atoms with Crippen molar-refractivity contribution in [1.82, 2.24) is 0 Å². The SMILES string of the molecule is C=C(CC(C)C)C(=O)OCCCC(C)C. The molecule has 0 unspecified atom stereocenters. The third kappa shape index (κ3) is 8.22. The van der Waals surface area contributed by atoms with Gasteiger partial charge in [-0.25, -0.2) is 4.79 Å². The van der Waals surface area contributed by atoms with Gasteiger partial charge in [-0.1, -0.05) is 34.3 Å². The minimum atomic E-state index is -0.229. The molecule has 0 aliphatic rings. The van der Waals surface area contributed by atoms with E-state index in [0.29, 0.717) is 24.0 Å². The minimum Gasteiger partial charge on any atom is -0.462 e. The molecule has 0 aromatic heterocycles. The zero-order valence-corrected chi connectivity index (χ0v) is 10.5. The van der Waals surface area contributed by atoms with Crippen molar-refractivity contribution in [2.75, 3.05) is 6.61 Å². The highest BCUT2D eigenvalue weighted by Crippen LogP contribution is 2.10. The van der Waals surface area contributed by atoms with Crippen molar-refractivity contribution in [3.8, 4) is 0 Å². The van der Waals surface area contributed by atoms with Crippen LogP contribution in [0.3, 0.4) is 0 Å². The predicted molar refractivity (Wildman–Crippen MR) is 63.6 cm³/mol. The first-order valence-corrected chi connectivity index (χ1v) is 5.78. The predicted octanol–water partition coefficient (Wildman–Crippen LogP) is 3.57. The Hall–Kier alpha value is -0.790. The Balaban J connectivity index is 3.61. The van der Waals surface area contributed by atoms with E-state index in [1.54, 1.807) is 0 Å². The maximum atomic E-state index is 11.4. The van der Waals surface area contributed by atoms with Gasteiger partial charge < -0.3 is 4.74 Å². The van der Waals surface area contributed by atoms with Crippen LogP contribution < -0.4 is 0 Å². The molecule has 0 radical (unpaired) electrons. The lowest BCUT2D eigenvalue weighted by Gasteiger charge is -2.09.